The van der Waals surface area contributed by atoms with Gasteiger partial charge in [0.15, 0.2) is 0 Å². The van der Waals surface area contributed by atoms with E-state index in [9.17, 15) is 13.5 Å². The first-order chi connectivity index (χ1) is 11.4. The molecule has 0 bridgehead atoms. The minimum Gasteiger partial charge on any atom is -0.508 e. The van der Waals surface area contributed by atoms with Gasteiger partial charge in [-0.15, -0.1) is 0 Å². The fourth-order valence-corrected chi connectivity index (χ4v) is 3.74. The average Bonchev–Trinajstić information content (AvgIpc) is 2.57. The molecule has 24 heavy (non-hydrogen) atoms. The Kier molecular flexibility index (Phi) is 6.79. The van der Waals surface area contributed by atoms with Crippen molar-refractivity contribution >= 4 is 26.0 Å². The lowest BCUT2D eigenvalue weighted by Gasteiger charge is -2.21. The highest BCUT2D eigenvalue weighted by atomic mass is 79.9. The summed E-state index contributed by atoms with van der Waals surface area (Å²) in [5.41, 5.74) is 0.803. The zero-order valence-corrected chi connectivity index (χ0v) is 15.8. The minimum absolute atomic E-state index is 0.238. The van der Waals surface area contributed by atoms with Crippen molar-refractivity contribution in [2.45, 2.75) is 18.4 Å². The van der Waals surface area contributed by atoms with Crippen LogP contribution in [0.1, 0.15) is 12.5 Å². The normalized spacial score (nSPS) is 11.8. The zero-order valence-electron chi connectivity index (χ0n) is 13.4. The second kappa shape index (κ2) is 8.62. The third kappa shape index (κ3) is 5.31. The van der Waals surface area contributed by atoms with E-state index < -0.39 is 10.0 Å². The molecule has 2 N–H and O–H groups in total. The van der Waals surface area contributed by atoms with Crippen molar-refractivity contribution in [2.75, 3.05) is 19.6 Å². The van der Waals surface area contributed by atoms with Crippen molar-refractivity contribution in [1.82, 2.24) is 9.62 Å². The van der Waals surface area contributed by atoms with E-state index in [4.69, 9.17) is 0 Å². The number of benzene rings is 2. The van der Waals surface area contributed by atoms with Gasteiger partial charge in [-0.25, -0.2) is 13.1 Å². The van der Waals surface area contributed by atoms with Crippen LogP contribution in [-0.4, -0.2) is 38.1 Å². The minimum atomic E-state index is -3.49. The lowest BCUT2D eigenvalue weighted by atomic mass is 10.2. The van der Waals surface area contributed by atoms with Crippen LogP contribution >= 0.6 is 15.9 Å². The molecule has 0 aromatic heterocycles. The molecule has 2 rings (SSSR count). The Bertz CT molecular complexity index is 767. The topological polar surface area (TPSA) is 69.6 Å². The second-order valence-corrected chi connectivity index (χ2v) is 8.04. The van der Waals surface area contributed by atoms with Crippen LogP contribution in [-0.2, 0) is 16.6 Å². The number of halogens is 1. The highest BCUT2D eigenvalue weighted by Gasteiger charge is 2.14. The Labute approximate surface area is 151 Å². The van der Waals surface area contributed by atoms with Crippen LogP contribution in [0.15, 0.2) is 57.9 Å². The van der Waals surface area contributed by atoms with Gasteiger partial charge in [0.2, 0.25) is 10.0 Å². The van der Waals surface area contributed by atoms with E-state index in [0.717, 1.165) is 16.6 Å². The van der Waals surface area contributed by atoms with Crippen LogP contribution in [0.4, 0.5) is 0 Å². The fourth-order valence-electron chi connectivity index (χ4n) is 2.29. The largest absolute Gasteiger partial charge is 0.508 e. The SMILES string of the molecule is CCN(CCNS(=O)(=O)c1ccccc1)Cc1cc(Br)ccc1O. The third-order valence-corrected chi connectivity index (χ3v) is 5.63. The molecule has 2 aromatic carbocycles. The summed E-state index contributed by atoms with van der Waals surface area (Å²) >= 11 is 3.39. The first-order valence-electron chi connectivity index (χ1n) is 7.67. The Morgan fingerprint density at radius 1 is 1.17 bits per heavy atom. The first kappa shape index (κ1) is 18.9. The maximum atomic E-state index is 12.2. The standard InChI is InChI=1S/C17H21BrN2O3S/c1-2-20(13-14-12-15(18)8-9-17(14)21)11-10-19-24(22,23)16-6-4-3-5-7-16/h3-9,12,19,21H,2,10-11,13H2,1H3. The van der Waals surface area contributed by atoms with E-state index in [1.54, 1.807) is 42.5 Å². The van der Waals surface area contributed by atoms with Gasteiger partial charge >= 0.3 is 0 Å². The predicted octanol–water partition coefficient (Wildman–Crippen LogP) is 2.96. The van der Waals surface area contributed by atoms with Gasteiger partial charge in [0.1, 0.15) is 5.75 Å². The molecule has 0 heterocycles. The third-order valence-electron chi connectivity index (χ3n) is 3.66. The van der Waals surface area contributed by atoms with Gasteiger partial charge < -0.3 is 5.11 Å². The number of hydrogen-bond acceptors (Lipinski definition) is 4. The van der Waals surface area contributed by atoms with E-state index in [1.165, 1.54) is 0 Å². The molecule has 0 fully saturated rings. The average molecular weight is 413 g/mol. The number of aromatic hydroxyl groups is 1. The Morgan fingerprint density at radius 2 is 1.88 bits per heavy atom. The summed E-state index contributed by atoms with van der Waals surface area (Å²) in [4.78, 5) is 2.33. The van der Waals surface area contributed by atoms with Crippen molar-refractivity contribution in [3.8, 4) is 5.75 Å². The van der Waals surface area contributed by atoms with E-state index in [1.807, 2.05) is 13.0 Å². The summed E-state index contributed by atoms with van der Waals surface area (Å²) in [5.74, 6) is 0.238. The molecular weight excluding hydrogens is 392 g/mol. The molecule has 0 radical (unpaired) electrons. The number of rotatable bonds is 8. The van der Waals surface area contributed by atoms with Crippen molar-refractivity contribution in [3.63, 3.8) is 0 Å². The quantitative estimate of drug-likeness (QED) is 0.698. The van der Waals surface area contributed by atoms with E-state index in [2.05, 4.69) is 25.6 Å². The number of likely N-dealkylation sites (N-methyl/N-ethyl adjacent to an activating group) is 1. The highest BCUT2D eigenvalue weighted by Crippen LogP contribution is 2.23. The molecule has 130 valence electrons. The van der Waals surface area contributed by atoms with Gasteiger partial charge in [0.25, 0.3) is 0 Å². The van der Waals surface area contributed by atoms with Gasteiger partial charge in [-0.3, -0.25) is 4.90 Å². The summed E-state index contributed by atoms with van der Waals surface area (Å²) < 4.78 is 27.9. The Balaban J connectivity index is 1.93. The van der Waals surface area contributed by atoms with Crippen LogP contribution in [0.3, 0.4) is 0 Å². The molecule has 0 saturated carbocycles. The number of nitrogens with zero attached hydrogens (tertiary/aromatic N) is 1. The fraction of sp³-hybridized carbons (Fsp3) is 0.294. The maximum absolute atomic E-state index is 12.2. The number of phenolic OH excluding ortho intramolecular Hbond substituents is 1. The number of sulfonamides is 1. The molecule has 0 atom stereocenters. The molecule has 2 aromatic rings. The zero-order chi connectivity index (χ0) is 17.6. The lowest BCUT2D eigenvalue weighted by molar-refractivity contribution is 0.280. The molecule has 0 saturated heterocycles. The van der Waals surface area contributed by atoms with E-state index in [-0.39, 0.29) is 10.6 Å². The molecule has 0 aliphatic carbocycles. The number of nitrogens with one attached hydrogen (secondary N) is 1. The van der Waals surface area contributed by atoms with Gasteiger partial charge in [0.05, 0.1) is 4.90 Å². The molecule has 0 spiro atoms. The molecule has 0 amide bonds. The van der Waals surface area contributed by atoms with Crippen LogP contribution in [0.5, 0.6) is 5.75 Å². The van der Waals surface area contributed by atoms with Gasteiger partial charge in [-0.05, 0) is 36.9 Å². The van der Waals surface area contributed by atoms with Crippen molar-refractivity contribution < 1.29 is 13.5 Å². The monoisotopic (exact) mass is 412 g/mol. The molecule has 5 nitrogen and oxygen atoms in total. The van der Waals surface area contributed by atoms with Crippen molar-refractivity contribution in [1.29, 1.82) is 0 Å². The summed E-state index contributed by atoms with van der Waals surface area (Å²) in [6.07, 6.45) is 0. The van der Waals surface area contributed by atoms with Crippen LogP contribution in [0, 0.1) is 0 Å². The predicted molar refractivity (Wildman–Crippen MR) is 98.4 cm³/mol. The van der Waals surface area contributed by atoms with Gasteiger partial charge in [-0.1, -0.05) is 41.1 Å². The summed E-state index contributed by atoms with van der Waals surface area (Å²) in [6, 6.07) is 13.6. The Hall–Kier alpha value is -1.41. The lowest BCUT2D eigenvalue weighted by Crippen LogP contribution is -2.34. The number of hydrogen-bond donors (Lipinski definition) is 2. The summed E-state index contributed by atoms with van der Waals surface area (Å²) in [5, 5.41) is 9.92. The maximum Gasteiger partial charge on any atom is 0.240 e. The first-order valence-corrected chi connectivity index (χ1v) is 9.94. The number of phenols is 1. The molecule has 0 aliphatic rings. The van der Waals surface area contributed by atoms with Crippen molar-refractivity contribution in [2.24, 2.45) is 0 Å². The molecule has 7 heteroatoms. The van der Waals surface area contributed by atoms with Gasteiger partial charge in [0, 0.05) is 29.7 Å². The smallest absolute Gasteiger partial charge is 0.240 e. The van der Waals surface area contributed by atoms with Crippen LogP contribution < -0.4 is 4.72 Å². The summed E-state index contributed by atoms with van der Waals surface area (Å²) in [6.45, 7) is 4.16. The highest BCUT2D eigenvalue weighted by molar-refractivity contribution is 9.10. The van der Waals surface area contributed by atoms with Crippen LogP contribution in [0.25, 0.3) is 0 Å². The van der Waals surface area contributed by atoms with E-state index >= 15 is 0 Å². The molecule has 0 unspecified atom stereocenters. The van der Waals surface area contributed by atoms with Crippen molar-refractivity contribution in [3.05, 3.63) is 58.6 Å². The second-order valence-electron chi connectivity index (χ2n) is 5.35. The van der Waals surface area contributed by atoms with E-state index in [0.29, 0.717) is 19.6 Å². The van der Waals surface area contributed by atoms with Crippen LogP contribution in [0.2, 0.25) is 0 Å². The molecule has 0 aliphatic heterocycles. The van der Waals surface area contributed by atoms with Gasteiger partial charge in [-0.2, -0.15) is 0 Å². The molecular formula is C17H21BrN2O3S. The summed E-state index contributed by atoms with van der Waals surface area (Å²) in [7, 11) is -3.49. The Morgan fingerprint density at radius 3 is 2.54 bits per heavy atom.